The predicted molar refractivity (Wildman–Crippen MR) is 78.8 cm³/mol. The first-order valence-corrected chi connectivity index (χ1v) is 7.32. The lowest BCUT2D eigenvalue weighted by atomic mass is 10.1. The van der Waals surface area contributed by atoms with E-state index in [1.807, 2.05) is 48.7 Å². The lowest BCUT2D eigenvalue weighted by Gasteiger charge is -2.04. The van der Waals surface area contributed by atoms with E-state index in [0.717, 1.165) is 10.5 Å². The molecular weight excluding hydrogens is 272 g/mol. The monoisotopic (exact) mass is 286 g/mol. The molecule has 102 valence electrons. The van der Waals surface area contributed by atoms with E-state index in [4.69, 9.17) is 4.74 Å². The van der Waals surface area contributed by atoms with Crippen LogP contribution in [0.5, 0.6) is 0 Å². The van der Waals surface area contributed by atoms with Crippen LogP contribution in [0.25, 0.3) is 0 Å². The number of carbonyl (C=O) groups is 2. The molecule has 4 heteroatoms. The van der Waals surface area contributed by atoms with E-state index in [-0.39, 0.29) is 6.61 Å². The number of benzene rings is 2. The number of ether oxygens (including phenoxy) is 1. The molecule has 3 nitrogen and oxygen atoms in total. The Bertz CT molecular complexity index is 591. The lowest BCUT2D eigenvalue weighted by molar-refractivity contribution is -0.139. The largest absolute Gasteiger partial charge is 0.455 e. The molecule has 0 aliphatic heterocycles. The number of hydrogen-bond acceptors (Lipinski definition) is 4. The van der Waals surface area contributed by atoms with Gasteiger partial charge in [-0.3, -0.25) is 4.79 Å². The molecule has 0 saturated heterocycles. The number of rotatable bonds is 5. The van der Waals surface area contributed by atoms with Crippen LogP contribution in [0.1, 0.15) is 15.9 Å². The van der Waals surface area contributed by atoms with Crippen molar-refractivity contribution in [2.24, 2.45) is 0 Å². The number of ketones is 1. The van der Waals surface area contributed by atoms with Gasteiger partial charge in [0.05, 0.1) is 0 Å². The molecule has 2 rings (SSSR count). The Kier molecular flexibility index (Phi) is 4.96. The van der Waals surface area contributed by atoms with Gasteiger partial charge in [0.15, 0.2) is 0 Å². The van der Waals surface area contributed by atoms with Gasteiger partial charge in [-0.1, -0.05) is 30.3 Å². The first kappa shape index (κ1) is 14.3. The molecule has 0 spiro atoms. The highest BCUT2D eigenvalue weighted by atomic mass is 32.2. The maximum Gasteiger partial charge on any atom is 0.380 e. The van der Waals surface area contributed by atoms with Crippen LogP contribution in [0.15, 0.2) is 59.5 Å². The van der Waals surface area contributed by atoms with Gasteiger partial charge >= 0.3 is 5.97 Å². The third kappa shape index (κ3) is 3.71. The molecule has 20 heavy (non-hydrogen) atoms. The van der Waals surface area contributed by atoms with E-state index in [1.54, 1.807) is 23.9 Å². The van der Waals surface area contributed by atoms with Gasteiger partial charge in [0, 0.05) is 10.5 Å². The van der Waals surface area contributed by atoms with Crippen molar-refractivity contribution in [1.29, 1.82) is 0 Å². The van der Waals surface area contributed by atoms with Gasteiger partial charge in [-0.25, -0.2) is 4.79 Å². The van der Waals surface area contributed by atoms with Gasteiger partial charge < -0.3 is 4.74 Å². The number of Topliss-reactive ketones (excluding diaryl/α,β-unsaturated/α-hetero) is 1. The van der Waals surface area contributed by atoms with E-state index in [1.165, 1.54) is 0 Å². The summed E-state index contributed by atoms with van der Waals surface area (Å²) in [6.07, 6.45) is 1.95. The summed E-state index contributed by atoms with van der Waals surface area (Å²) in [6.45, 7) is 0.105. The second kappa shape index (κ2) is 6.91. The molecule has 0 radical (unpaired) electrons. The van der Waals surface area contributed by atoms with Crippen LogP contribution < -0.4 is 0 Å². The number of esters is 1. The van der Waals surface area contributed by atoms with Gasteiger partial charge in [0.2, 0.25) is 0 Å². The molecule has 0 aliphatic rings. The normalized spacial score (nSPS) is 10.1. The highest BCUT2D eigenvalue weighted by Crippen LogP contribution is 2.15. The zero-order valence-electron chi connectivity index (χ0n) is 11.0. The molecule has 0 amide bonds. The van der Waals surface area contributed by atoms with Gasteiger partial charge in [-0.15, -0.1) is 11.8 Å². The summed E-state index contributed by atoms with van der Waals surface area (Å²) in [4.78, 5) is 24.6. The first-order valence-electron chi connectivity index (χ1n) is 6.10. The fourth-order valence-corrected chi connectivity index (χ4v) is 2.06. The molecule has 0 aromatic heterocycles. The van der Waals surface area contributed by atoms with Crippen molar-refractivity contribution in [3.63, 3.8) is 0 Å². The fourth-order valence-electron chi connectivity index (χ4n) is 1.65. The molecule has 2 aromatic rings. The molecule has 0 heterocycles. The minimum absolute atomic E-state index is 0.105. The van der Waals surface area contributed by atoms with Crippen LogP contribution in [0.4, 0.5) is 0 Å². The first-order chi connectivity index (χ1) is 9.70. The van der Waals surface area contributed by atoms with Gasteiger partial charge in [-0.2, -0.15) is 0 Å². The van der Waals surface area contributed by atoms with Gasteiger partial charge in [-0.05, 0) is 36.1 Å². The van der Waals surface area contributed by atoms with Crippen molar-refractivity contribution in [1.82, 2.24) is 0 Å². The quantitative estimate of drug-likeness (QED) is 0.366. The summed E-state index contributed by atoms with van der Waals surface area (Å²) in [5.74, 6) is -1.45. The van der Waals surface area contributed by atoms with Crippen molar-refractivity contribution < 1.29 is 14.3 Å². The smallest absolute Gasteiger partial charge is 0.380 e. The topological polar surface area (TPSA) is 43.4 Å². The van der Waals surface area contributed by atoms with Crippen molar-refractivity contribution in [3.05, 3.63) is 65.7 Å². The Morgan fingerprint density at radius 2 is 1.65 bits per heavy atom. The average molecular weight is 286 g/mol. The summed E-state index contributed by atoms with van der Waals surface area (Å²) in [5.41, 5.74) is 1.20. The summed E-state index contributed by atoms with van der Waals surface area (Å²) < 4.78 is 5.01. The number of carbonyl (C=O) groups excluding carboxylic acids is 2. The Morgan fingerprint density at radius 1 is 1.00 bits per heavy atom. The molecule has 0 unspecified atom stereocenters. The highest BCUT2D eigenvalue weighted by Gasteiger charge is 2.17. The van der Waals surface area contributed by atoms with Crippen LogP contribution in [0.3, 0.4) is 0 Å². The number of hydrogen-bond donors (Lipinski definition) is 0. The van der Waals surface area contributed by atoms with E-state index in [2.05, 4.69) is 0 Å². The molecular formula is C16H14O3S. The van der Waals surface area contributed by atoms with Crippen LogP contribution in [0, 0.1) is 0 Å². The van der Waals surface area contributed by atoms with Crippen molar-refractivity contribution in [3.8, 4) is 0 Å². The van der Waals surface area contributed by atoms with Crippen LogP contribution in [-0.4, -0.2) is 18.0 Å². The summed E-state index contributed by atoms with van der Waals surface area (Å²) in [6, 6.07) is 16.2. The zero-order valence-corrected chi connectivity index (χ0v) is 11.9. The summed E-state index contributed by atoms with van der Waals surface area (Å²) in [7, 11) is 0. The van der Waals surface area contributed by atoms with E-state index in [0.29, 0.717) is 5.56 Å². The van der Waals surface area contributed by atoms with Gasteiger partial charge in [0.25, 0.3) is 5.78 Å². The minimum Gasteiger partial charge on any atom is -0.455 e. The Balaban J connectivity index is 1.96. The third-order valence-corrected chi connectivity index (χ3v) is 3.49. The molecule has 0 atom stereocenters. The second-order valence-corrected chi connectivity index (χ2v) is 5.00. The third-order valence-electron chi connectivity index (χ3n) is 2.75. The summed E-state index contributed by atoms with van der Waals surface area (Å²) in [5, 5.41) is 0. The van der Waals surface area contributed by atoms with Gasteiger partial charge in [0.1, 0.15) is 6.61 Å². The van der Waals surface area contributed by atoms with Crippen molar-refractivity contribution in [2.75, 3.05) is 6.26 Å². The zero-order chi connectivity index (χ0) is 14.4. The second-order valence-electron chi connectivity index (χ2n) is 4.12. The molecule has 0 aliphatic carbocycles. The van der Waals surface area contributed by atoms with Crippen LogP contribution >= 0.6 is 11.8 Å². The standard InChI is InChI=1S/C16H14O3S/c1-20-14-9-7-13(8-10-14)15(17)16(18)19-11-12-5-3-2-4-6-12/h2-10H,11H2,1H3. The lowest BCUT2D eigenvalue weighted by Crippen LogP contribution is -2.17. The fraction of sp³-hybridized carbons (Fsp3) is 0.125. The van der Waals surface area contributed by atoms with Crippen molar-refractivity contribution in [2.45, 2.75) is 11.5 Å². The van der Waals surface area contributed by atoms with Crippen molar-refractivity contribution >= 4 is 23.5 Å². The Hall–Kier alpha value is -2.07. The maximum atomic E-state index is 11.9. The number of thioether (sulfide) groups is 1. The summed E-state index contributed by atoms with van der Waals surface area (Å²) >= 11 is 1.58. The van der Waals surface area contributed by atoms with E-state index >= 15 is 0 Å². The molecule has 0 saturated carbocycles. The highest BCUT2D eigenvalue weighted by molar-refractivity contribution is 7.98. The molecule has 0 bridgehead atoms. The van der Waals surface area contributed by atoms with Crippen LogP contribution in [0.2, 0.25) is 0 Å². The molecule has 0 fully saturated rings. The SMILES string of the molecule is CSc1ccc(C(=O)C(=O)OCc2ccccc2)cc1. The van der Waals surface area contributed by atoms with Crippen LogP contribution in [-0.2, 0) is 16.1 Å². The van der Waals surface area contributed by atoms with E-state index < -0.39 is 11.8 Å². The Labute approximate surface area is 122 Å². The molecule has 0 N–H and O–H groups in total. The average Bonchev–Trinajstić information content (AvgIpc) is 2.53. The van der Waals surface area contributed by atoms with E-state index in [9.17, 15) is 9.59 Å². The Morgan fingerprint density at radius 3 is 2.25 bits per heavy atom. The maximum absolute atomic E-state index is 11.9. The molecule has 2 aromatic carbocycles. The minimum atomic E-state index is -0.828. The predicted octanol–water partition coefficient (Wildman–Crippen LogP) is 3.33.